The third kappa shape index (κ3) is 10.4. The molecule has 0 aliphatic rings. The summed E-state index contributed by atoms with van der Waals surface area (Å²) in [7, 11) is 0. The van der Waals surface area contributed by atoms with E-state index in [1.165, 1.54) is 0 Å². The Morgan fingerprint density at radius 1 is 1.17 bits per heavy atom. The number of amides is 1. The molecule has 0 atom stereocenters. The van der Waals surface area contributed by atoms with Crippen molar-refractivity contribution in [2.45, 2.75) is 40.2 Å². The van der Waals surface area contributed by atoms with Gasteiger partial charge in [0, 0.05) is 25.2 Å². The Labute approximate surface area is 111 Å². The Balaban J connectivity index is 3.43. The summed E-state index contributed by atoms with van der Waals surface area (Å²) in [6, 6.07) is 0. The molecule has 0 aromatic carbocycles. The summed E-state index contributed by atoms with van der Waals surface area (Å²) in [5.41, 5.74) is -0.243. The quantitative estimate of drug-likeness (QED) is 0.648. The van der Waals surface area contributed by atoms with Crippen LogP contribution >= 0.6 is 0 Å². The van der Waals surface area contributed by atoms with Crippen LogP contribution in [0.1, 0.15) is 34.6 Å². The molecule has 2 N–H and O–H groups in total. The van der Waals surface area contributed by atoms with Crippen molar-refractivity contribution in [3.63, 3.8) is 0 Å². The van der Waals surface area contributed by atoms with Crippen molar-refractivity contribution in [2.24, 2.45) is 0 Å². The van der Waals surface area contributed by atoms with Gasteiger partial charge in [-0.25, -0.2) is 4.79 Å². The molecule has 0 spiro atoms. The highest BCUT2D eigenvalue weighted by Crippen LogP contribution is 1.98. The zero-order valence-corrected chi connectivity index (χ0v) is 12.5. The Bertz CT molecular complexity index is 223. The molecular weight excluding hydrogens is 230 g/mol. The van der Waals surface area contributed by atoms with E-state index >= 15 is 0 Å². The fourth-order valence-electron chi connectivity index (χ4n) is 1.46. The molecule has 0 aliphatic carbocycles. The Morgan fingerprint density at radius 3 is 2.28 bits per heavy atom. The first-order valence-corrected chi connectivity index (χ1v) is 6.77. The van der Waals surface area contributed by atoms with Gasteiger partial charge in [0.05, 0.1) is 0 Å². The Hall–Kier alpha value is -0.810. The molecule has 0 unspecified atom stereocenters. The molecule has 1 amide bonds. The van der Waals surface area contributed by atoms with Crippen LogP contribution in [-0.4, -0.2) is 55.9 Å². The van der Waals surface area contributed by atoms with Gasteiger partial charge in [0.2, 0.25) is 0 Å². The van der Waals surface area contributed by atoms with Crippen LogP contribution in [0.25, 0.3) is 0 Å². The molecule has 0 bridgehead atoms. The largest absolute Gasteiger partial charge is 0.448 e. The maximum Gasteiger partial charge on any atom is 0.407 e. The smallest absolute Gasteiger partial charge is 0.407 e. The van der Waals surface area contributed by atoms with Gasteiger partial charge >= 0.3 is 6.09 Å². The molecule has 5 heteroatoms. The Kier molecular flexibility index (Phi) is 8.75. The Morgan fingerprint density at radius 2 is 1.78 bits per heavy atom. The maximum absolute atomic E-state index is 11.3. The van der Waals surface area contributed by atoms with Crippen molar-refractivity contribution in [1.29, 1.82) is 0 Å². The summed E-state index contributed by atoms with van der Waals surface area (Å²) >= 11 is 0. The molecule has 0 aliphatic heterocycles. The molecule has 0 aromatic heterocycles. The number of hydrogen-bond acceptors (Lipinski definition) is 4. The lowest BCUT2D eigenvalue weighted by Crippen LogP contribution is -2.41. The van der Waals surface area contributed by atoms with Gasteiger partial charge < -0.3 is 20.3 Å². The first kappa shape index (κ1) is 17.2. The van der Waals surface area contributed by atoms with Gasteiger partial charge in [-0.05, 0) is 33.9 Å². The number of alkyl carbamates (subject to hydrolysis) is 1. The van der Waals surface area contributed by atoms with E-state index in [2.05, 4.69) is 29.4 Å². The summed E-state index contributed by atoms with van der Waals surface area (Å²) in [4.78, 5) is 13.7. The lowest BCUT2D eigenvalue weighted by molar-refractivity contribution is 0.138. The van der Waals surface area contributed by atoms with Gasteiger partial charge in [-0.3, -0.25) is 0 Å². The minimum absolute atomic E-state index is 0.243. The monoisotopic (exact) mass is 259 g/mol. The molecule has 0 heterocycles. The normalized spacial score (nSPS) is 11.7. The molecule has 0 fully saturated rings. The molecule has 0 saturated heterocycles. The minimum Gasteiger partial charge on any atom is -0.448 e. The zero-order chi connectivity index (χ0) is 14.0. The number of likely N-dealkylation sites (N-methyl/N-ethyl adjacent to an activating group) is 1. The van der Waals surface area contributed by atoms with Crippen molar-refractivity contribution in [3.05, 3.63) is 0 Å². The zero-order valence-electron chi connectivity index (χ0n) is 12.5. The maximum atomic E-state index is 11.3. The van der Waals surface area contributed by atoms with E-state index in [0.717, 1.165) is 26.2 Å². The topological polar surface area (TPSA) is 53.6 Å². The van der Waals surface area contributed by atoms with Gasteiger partial charge in [0.15, 0.2) is 0 Å². The van der Waals surface area contributed by atoms with E-state index < -0.39 is 0 Å². The van der Waals surface area contributed by atoms with Crippen LogP contribution < -0.4 is 10.6 Å². The van der Waals surface area contributed by atoms with Crippen LogP contribution in [0.2, 0.25) is 0 Å². The number of hydrogen-bond donors (Lipinski definition) is 2. The minimum atomic E-state index is -0.354. The van der Waals surface area contributed by atoms with Crippen molar-refractivity contribution < 1.29 is 9.53 Å². The van der Waals surface area contributed by atoms with Crippen molar-refractivity contribution in [2.75, 3.05) is 39.3 Å². The molecule has 5 nitrogen and oxygen atoms in total. The van der Waals surface area contributed by atoms with Gasteiger partial charge in [-0.1, -0.05) is 13.8 Å². The van der Waals surface area contributed by atoms with Crippen LogP contribution in [0, 0.1) is 0 Å². The molecule has 0 aromatic rings. The average molecular weight is 259 g/mol. The van der Waals surface area contributed by atoms with E-state index in [4.69, 9.17) is 4.74 Å². The molecule has 108 valence electrons. The lowest BCUT2D eigenvalue weighted by Gasteiger charge is -2.20. The number of nitrogens with one attached hydrogen (secondary N) is 2. The fraction of sp³-hybridized carbons (Fsp3) is 0.923. The summed E-state index contributed by atoms with van der Waals surface area (Å²) in [5, 5.41) is 6.01. The van der Waals surface area contributed by atoms with E-state index in [9.17, 15) is 4.79 Å². The number of rotatable bonds is 8. The van der Waals surface area contributed by atoms with Crippen molar-refractivity contribution >= 4 is 6.09 Å². The molecule has 0 rings (SSSR count). The van der Waals surface area contributed by atoms with Crippen LogP contribution in [0.4, 0.5) is 4.79 Å². The van der Waals surface area contributed by atoms with Crippen LogP contribution in [0.5, 0.6) is 0 Å². The second-order valence-corrected chi connectivity index (χ2v) is 5.29. The van der Waals surface area contributed by atoms with E-state index in [-0.39, 0.29) is 11.6 Å². The number of carbonyl (C=O) groups is 1. The number of carbonyl (C=O) groups excluding carboxylic acids is 1. The second kappa shape index (κ2) is 9.16. The van der Waals surface area contributed by atoms with Gasteiger partial charge in [0.25, 0.3) is 0 Å². The summed E-state index contributed by atoms with van der Waals surface area (Å²) in [5.74, 6) is 0. The second-order valence-electron chi connectivity index (χ2n) is 5.29. The van der Waals surface area contributed by atoms with Crippen LogP contribution in [0.15, 0.2) is 0 Å². The third-order valence-electron chi connectivity index (χ3n) is 2.49. The summed E-state index contributed by atoms with van der Waals surface area (Å²) in [6.07, 6.45) is -0.354. The molecule has 18 heavy (non-hydrogen) atoms. The highest BCUT2D eigenvalue weighted by atomic mass is 16.5. The van der Waals surface area contributed by atoms with E-state index in [1.54, 1.807) is 0 Å². The van der Waals surface area contributed by atoms with Gasteiger partial charge in [0.1, 0.15) is 6.61 Å². The predicted octanol–water partition coefficient (Wildman–Crippen LogP) is 1.44. The standard InChI is InChI=1S/C13H29N3O2/c1-6-16(7-2)10-8-14-9-11-18-12(17)15-13(3,4)5/h14H,6-11H2,1-5H3,(H,15,17). The summed E-state index contributed by atoms with van der Waals surface area (Å²) in [6.45, 7) is 15.3. The van der Waals surface area contributed by atoms with Crippen molar-refractivity contribution in [1.82, 2.24) is 15.5 Å². The van der Waals surface area contributed by atoms with Crippen LogP contribution in [0.3, 0.4) is 0 Å². The number of ether oxygens (including phenoxy) is 1. The fourth-order valence-corrected chi connectivity index (χ4v) is 1.46. The molecule has 0 radical (unpaired) electrons. The third-order valence-corrected chi connectivity index (χ3v) is 2.49. The first-order chi connectivity index (χ1) is 8.39. The van der Waals surface area contributed by atoms with Crippen LogP contribution in [-0.2, 0) is 4.74 Å². The lowest BCUT2D eigenvalue weighted by atomic mass is 10.1. The van der Waals surface area contributed by atoms with E-state index in [1.807, 2.05) is 20.8 Å². The highest BCUT2D eigenvalue weighted by molar-refractivity contribution is 5.68. The average Bonchev–Trinajstić information content (AvgIpc) is 2.26. The first-order valence-electron chi connectivity index (χ1n) is 6.77. The van der Waals surface area contributed by atoms with Gasteiger partial charge in [-0.15, -0.1) is 0 Å². The van der Waals surface area contributed by atoms with Crippen molar-refractivity contribution in [3.8, 4) is 0 Å². The summed E-state index contributed by atoms with van der Waals surface area (Å²) < 4.78 is 5.05. The highest BCUT2D eigenvalue weighted by Gasteiger charge is 2.13. The van der Waals surface area contributed by atoms with E-state index in [0.29, 0.717) is 13.2 Å². The van der Waals surface area contributed by atoms with Gasteiger partial charge in [-0.2, -0.15) is 0 Å². The number of nitrogens with zero attached hydrogens (tertiary/aromatic N) is 1. The SMILES string of the molecule is CCN(CC)CCNCCOC(=O)NC(C)(C)C. The molecular formula is C13H29N3O2. The predicted molar refractivity (Wildman–Crippen MR) is 74.9 cm³/mol. The molecule has 0 saturated carbocycles.